The molecule has 0 amide bonds. The molecule has 13 heavy (non-hydrogen) atoms. The van der Waals surface area contributed by atoms with Crippen LogP contribution >= 0.6 is 0 Å². The molecule has 2 rings (SSSR count). The predicted molar refractivity (Wildman–Crippen MR) is 54.1 cm³/mol. The monoisotopic (exact) mass is 181 g/mol. The number of nitrogens with one attached hydrogen (secondary N) is 1. The Labute approximate surface area is 80.2 Å². The summed E-state index contributed by atoms with van der Waals surface area (Å²) in [6, 6.07) is 0.666. The topological polar surface area (TPSA) is 30.3 Å². The smallest absolute Gasteiger partial charge is 0.0990 e. The van der Waals surface area contributed by atoms with Crippen molar-refractivity contribution in [3.63, 3.8) is 0 Å². The van der Waals surface area contributed by atoms with Gasteiger partial charge in [0.2, 0.25) is 0 Å². The predicted octanol–water partition coefficient (Wildman–Crippen LogP) is 1.01. The van der Waals surface area contributed by atoms with Crippen LogP contribution in [0, 0.1) is 11.3 Å². The number of nitrogens with zero attached hydrogens (tertiary/aromatic N) is 2. The van der Waals surface area contributed by atoms with Crippen molar-refractivity contribution in [3.8, 4) is 0 Å². The molecule has 74 valence electrons. The number of hydrogen-bond donors (Lipinski definition) is 1. The van der Waals surface area contributed by atoms with E-state index in [9.17, 15) is 0 Å². The molecular weight excluding hydrogens is 162 g/mol. The number of amidine groups is 1. The van der Waals surface area contributed by atoms with E-state index in [0.29, 0.717) is 12.0 Å². The van der Waals surface area contributed by atoms with Gasteiger partial charge in [0.15, 0.2) is 0 Å². The molecule has 0 aromatic carbocycles. The van der Waals surface area contributed by atoms with Crippen LogP contribution in [0.3, 0.4) is 0 Å². The zero-order valence-corrected chi connectivity index (χ0v) is 8.58. The summed E-state index contributed by atoms with van der Waals surface area (Å²) in [6.07, 6.45) is 3.73. The molecule has 3 nitrogen and oxygen atoms in total. The first-order valence-corrected chi connectivity index (χ1v) is 5.18. The van der Waals surface area contributed by atoms with Gasteiger partial charge in [0, 0.05) is 25.0 Å². The van der Waals surface area contributed by atoms with E-state index in [1.165, 1.54) is 19.3 Å². The average molecular weight is 181 g/mol. The Morgan fingerprint density at radius 2 is 2.00 bits per heavy atom. The molecular formula is C10H19N3. The van der Waals surface area contributed by atoms with Gasteiger partial charge in [0.1, 0.15) is 0 Å². The van der Waals surface area contributed by atoms with Crippen molar-refractivity contribution >= 4 is 5.84 Å². The maximum atomic E-state index is 7.94. The number of hydrogen-bond acceptors (Lipinski definition) is 2. The largest absolute Gasteiger partial charge is 0.359 e. The molecule has 1 saturated heterocycles. The van der Waals surface area contributed by atoms with Crippen molar-refractivity contribution < 1.29 is 0 Å². The van der Waals surface area contributed by atoms with Crippen LogP contribution in [0.15, 0.2) is 0 Å². The van der Waals surface area contributed by atoms with Crippen molar-refractivity contribution in [1.82, 2.24) is 9.80 Å². The third-order valence-corrected chi connectivity index (χ3v) is 3.20. The van der Waals surface area contributed by atoms with E-state index >= 15 is 0 Å². The second-order valence-electron chi connectivity index (χ2n) is 4.51. The normalized spacial score (nSPS) is 28.5. The summed E-state index contributed by atoms with van der Waals surface area (Å²) in [5, 5.41) is 7.94. The molecule has 1 heterocycles. The minimum atomic E-state index is 0.612. The highest BCUT2D eigenvalue weighted by Gasteiger charge is 2.34. The fourth-order valence-electron chi connectivity index (χ4n) is 2.00. The maximum Gasteiger partial charge on any atom is 0.0990 e. The number of likely N-dealkylation sites (N-methyl/N-ethyl adjacent to an activating group) is 1. The lowest BCUT2D eigenvalue weighted by Crippen LogP contribution is -2.34. The Kier molecular flexibility index (Phi) is 2.28. The highest BCUT2D eigenvalue weighted by molar-refractivity contribution is 5.84. The van der Waals surface area contributed by atoms with E-state index in [0.717, 1.165) is 18.9 Å². The summed E-state index contributed by atoms with van der Waals surface area (Å²) in [4.78, 5) is 4.54. The molecule has 1 N–H and O–H groups in total. The zero-order valence-electron chi connectivity index (χ0n) is 8.58. The lowest BCUT2D eigenvalue weighted by Gasteiger charge is -2.22. The fourth-order valence-corrected chi connectivity index (χ4v) is 2.00. The van der Waals surface area contributed by atoms with Crippen molar-refractivity contribution in [3.05, 3.63) is 0 Å². The van der Waals surface area contributed by atoms with Crippen LogP contribution in [-0.2, 0) is 0 Å². The molecule has 2 aliphatic rings. The molecule has 1 aliphatic heterocycles. The van der Waals surface area contributed by atoms with Gasteiger partial charge in [-0.15, -0.1) is 0 Å². The van der Waals surface area contributed by atoms with E-state index in [2.05, 4.69) is 23.9 Å². The Morgan fingerprint density at radius 3 is 2.46 bits per heavy atom. The van der Waals surface area contributed by atoms with Crippen molar-refractivity contribution in [2.24, 2.45) is 5.92 Å². The van der Waals surface area contributed by atoms with Crippen LogP contribution in [0.25, 0.3) is 0 Å². The Morgan fingerprint density at radius 1 is 1.31 bits per heavy atom. The molecule has 0 aromatic heterocycles. The molecule has 0 radical (unpaired) electrons. The summed E-state index contributed by atoms with van der Waals surface area (Å²) < 4.78 is 0. The molecule has 1 aliphatic carbocycles. The molecule has 0 bridgehead atoms. The summed E-state index contributed by atoms with van der Waals surface area (Å²) >= 11 is 0. The molecule has 0 spiro atoms. The SMILES string of the molecule is CN(C)C1CCN(C(=N)C2CC2)C1. The van der Waals surface area contributed by atoms with Crippen LogP contribution in [0.2, 0.25) is 0 Å². The van der Waals surface area contributed by atoms with Gasteiger partial charge < -0.3 is 9.80 Å². The lowest BCUT2D eigenvalue weighted by molar-refractivity contribution is 0.300. The van der Waals surface area contributed by atoms with Gasteiger partial charge in [-0.3, -0.25) is 5.41 Å². The lowest BCUT2D eigenvalue weighted by atomic mass is 10.2. The first-order valence-electron chi connectivity index (χ1n) is 5.18. The summed E-state index contributed by atoms with van der Waals surface area (Å²) in [5.41, 5.74) is 0. The van der Waals surface area contributed by atoms with E-state index in [1.54, 1.807) is 0 Å². The van der Waals surface area contributed by atoms with Gasteiger partial charge in [-0.2, -0.15) is 0 Å². The first kappa shape index (κ1) is 9.00. The standard InChI is InChI=1S/C10H19N3/c1-12(2)9-5-6-13(7-9)10(11)8-3-4-8/h8-9,11H,3-7H2,1-2H3. The third-order valence-electron chi connectivity index (χ3n) is 3.20. The molecule has 0 aromatic rings. The second kappa shape index (κ2) is 3.29. The number of likely N-dealkylation sites (tertiary alicyclic amines) is 1. The molecule has 2 fully saturated rings. The van der Waals surface area contributed by atoms with E-state index in [-0.39, 0.29) is 0 Å². The van der Waals surface area contributed by atoms with E-state index in [4.69, 9.17) is 5.41 Å². The Balaban J connectivity index is 1.86. The molecule has 1 unspecified atom stereocenters. The Bertz CT molecular complexity index is 208. The van der Waals surface area contributed by atoms with Crippen molar-refractivity contribution in [1.29, 1.82) is 5.41 Å². The summed E-state index contributed by atoms with van der Waals surface area (Å²) in [6.45, 7) is 2.17. The first-order chi connectivity index (χ1) is 6.18. The average Bonchev–Trinajstić information content (AvgIpc) is 2.81. The molecule has 1 saturated carbocycles. The van der Waals surface area contributed by atoms with Crippen LogP contribution < -0.4 is 0 Å². The van der Waals surface area contributed by atoms with Crippen LogP contribution in [0.4, 0.5) is 0 Å². The highest BCUT2D eigenvalue weighted by atomic mass is 15.3. The second-order valence-corrected chi connectivity index (χ2v) is 4.51. The minimum absolute atomic E-state index is 0.612. The zero-order chi connectivity index (χ0) is 9.42. The van der Waals surface area contributed by atoms with Gasteiger partial charge in [-0.05, 0) is 33.4 Å². The van der Waals surface area contributed by atoms with Crippen molar-refractivity contribution in [2.45, 2.75) is 25.3 Å². The highest BCUT2D eigenvalue weighted by Crippen LogP contribution is 2.32. The van der Waals surface area contributed by atoms with Gasteiger partial charge >= 0.3 is 0 Å². The Hall–Kier alpha value is -0.570. The molecule has 1 atom stereocenters. The molecule has 3 heteroatoms. The van der Waals surface area contributed by atoms with Crippen LogP contribution in [-0.4, -0.2) is 48.9 Å². The van der Waals surface area contributed by atoms with Crippen LogP contribution in [0.1, 0.15) is 19.3 Å². The van der Waals surface area contributed by atoms with Gasteiger partial charge in [-0.25, -0.2) is 0 Å². The quantitative estimate of drug-likeness (QED) is 0.509. The van der Waals surface area contributed by atoms with E-state index in [1.807, 2.05) is 0 Å². The van der Waals surface area contributed by atoms with E-state index < -0.39 is 0 Å². The van der Waals surface area contributed by atoms with Crippen molar-refractivity contribution in [2.75, 3.05) is 27.2 Å². The number of rotatable bonds is 2. The fraction of sp³-hybridized carbons (Fsp3) is 0.900. The maximum absolute atomic E-state index is 7.94. The van der Waals surface area contributed by atoms with Gasteiger partial charge in [0.05, 0.1) is 5.84 Å². The van der Waals surface area contributed by atoms with Gasteiger partial charge in [-0.1, -0.05) is 0 Å². The summed E-state index contributed by atoms with van der Waals surface area (Å²) in [7, 11) is 4.27. The minimum Gasteiger partial charge on any atom is -0.359 e. The van der Waals surface area contributed by atoms with Gasteiger partial charge in [0.25, 0.3) is 0 Å². The summed E-state index contributed by atoms with van der Waals surface area (Å²) in [5.74, 6) is 1.52. The van der Waals surface area contributed by atoms with Crippen LogP contribution in [0.5, 0.6) is 0 Å². The third kappa shape index (κ3) is 1.85.